The van der Waals surface area contributed by atoms with Crippen molar-refractivity contribution in [1.82, 2.24) is 4.98 Å². The Bertz CT molecular complexity index is 2340. The van der Waals surface area contributed by atoms with Gasteiger partial charge in [0.15, 0.2) is 0 Å². The molecule has 9 rings (SSSR count). The predicted molar refractivity (Wildman–Crippen MR) is 179 cm³/mol. The van der Waals surface area contributed by atoms with Gasteiger partial charge in [0, 0.05) is 27.4 Å². The van der Waals surface area contributed by atoms with Crippen LogP contribution in [0.25, 0.3) is 82.5 Å². The first-order chi connectivity index (χ1) is 20.7. The monoisotopic (exact) mass is 533 g/mol. The van der Waals surface area contributed by atoms with Gasteiger partial charge in [-0.05, 0) is 103 Å². The van der Waals surface area contributed by atoms with Gasteiger partial charge < -0.3 is 4.98 Å². The molecule has 0 spiro atoms. The van der Waals surface area contributed by atoms with E-state index in [4.69, 9.17) is 0 Å². The smallest absolute Gasteiger partial charge is 0.0471 e. The molecule has 1 atom stereocenters. The summed E-state index contributed by atoms with van der Waals surface area (Å²) in [5.74, 6) is 0.504. The van der Waals surface area contributed by atoms with Gasteiger partial charge >= 0.3 is 0 Å². The number of nitrogens with one attached hydrogen (secondary N) is 1. The third kappa shape index (κ3) is 3.39. The Labute approximate surface area is 244 Å². The summed E-state index contributed by atoms with van der Waals surface area (Å²) in [6.45, 7) is 2.29. The van der Waals surface area contributed by atoms with E-state index in [9.17, 15) is 0 Å². The number of benzene rings is 6. The third-order valence-electron chi connectivity index (χ3n) is 9.15. The number of aromatic amines is 1. The summed E-state index contributed by atoms with van der Waals surface area (Å²) in [5, 5.41) is 10.1. The molecule has 1 heterocycles. The molecule has 1 heteroatoms. The first-order valence-electron chi connectivity index (χ1n) is 14.7. The first kappa shape index (κ1) is 23.4. The van der Waals surface area contributed by atoms with E-state index < -0.39 is 0 Å². The lowest BCUT2D eigenvalue weighted by atomic mass is 9.81. The van der Waals surface area contributed by atoms with E-state index in [-0.39, 0.29) is 0 Å². The highest BCUT2D eigenvalue weighted by Crippen LogP contribution is 2.46. The standard InChI is InChI=1S/C41H27N/c1-25-17-18-26-11-8-16-35(36(26)21-25)41-33-14-6-4-12-31(33)40(32-13-5-7-15-34(32)41)29-19-20-30-37-22-27-9-2-3-10-28(27)23-39(37)42-38(30)24-29/h2-7,9-10,12-20,22-25,42H,21H2,1H3. The molecular weight excluding hydrogens is 506 g/mol. The molecule has 1 unspecified atom stereocenters. The van der Waals surface area contributed by atoms with Gasteiger partial charge in [0.25, 0.3) is 0 Å². The average molecular weight is 534 g/mol. The van der Waals surface area contributed by atoms with Crippen LogP contribution in [0.4, 0.5) is 0 Å². The van der Waals surface area contributed by atoms with Gasteiger partial charge in [0.05, 0.1) is 0 Å². The molecule has 42 heavy (non-hydrogen) atoms. The molecule has 0 saturated heterocycles. The normalized spacial score (nSPS) is 14.6. The highest BCUT2D eigenvalue weighted by Gasteiger charge is 2.21. The highest BCUT2D eigenvalue weighted by molar-refractivity contribution is 6.22. The van der Waals surface area contributed by atoms with Crippen LogP contribution in [0.15, 0.2) is 115 Å². The topological polar surface area (TPSA) is 15.8 Å². The van der Waals surface area contributed by atoms with Crippen LogP contribution in [0.5, 0.6) is 0 Å². The molecule has 1 N–H and O–H groups in total. The largest absolute Gasteiger partial charge is 0.354 e. The quantitative estimate of drug-likeness (QED) is 0.213. The van der Waals surface area contributed by atoms with Gasteiger partial charge in [-0.3, -0.25) is 0 Å². The summed E-state index contributed by atoms with van der Waals surface area (Å²) in [5.41, 5.74) is 9.96. The number of fused-ring (bicyclic) bond motifs is 7. The van der Waals surface area contributed by atoms with Gasteiger partial charge in [-0.15, -0.1) is 0 Å². The van der Waals surface area contributed by atoms with Crippen molar-refractivity contribution in [2.75, 3.05) is 0 Å². The van der Waals surface area contributed by atoms with Crippen LogP contribution < -0.4 is 0 Å². The summed E-state index contributed by atoms with van der Waals surface area (Å²) in [6, 6.07) is 46.8. The van der Waals surface area contributed by atoms with Crippen molar-refractivity contribution in [3.63, 3.8) is 0 Å². The van der Waals surface area contributed by atoms with E-state index in [0.717, 1.165) is 11.9 Å². The maximum absolute atomic E-state index is 3.74. The summed E-state index contributed by atoms with van der Waals surface area (Å²) in [6.07, 6.45) is 5.53. The van der Waals surface area contributed by atoms with Crippen LogP contribution in [-0.2, 0) is 6.42 Å². The average Bonchev–Trinajstić information content (AvgIpc) is 3.38. The van der Waals surface area contributed by atoms with Gasteiger partial charge in [0.1, 0.15) is 0 Å². The molecule has 0 fully saturated rings. The van der Waals surface area contributed by atoms with Crippen molar-refractivity contribution >= 4 is 60.2 Å². The fourth-order valence-electron chi connectivity index (χ4n) is 7.21. The molecule has 0 radical (unpaired) electrons. The summed E-state index contributed by atoms with van der Waals surface area (Å²) in [4.78, 5) is 3.74. The zero-order valence-electron chi connectivity index (χ0n) is 23.3. The van der Waals surface area contributed by atoms with Crippen LogP contribution in [0.1, 0.15) is 18.1 Å². The summed E-state index contributed by atoms with van der Waals surface area (Å²) < 4.78 is 0. The molecule has 1 aromatic heterocycles. The first-order valence-corrected chi connectivity index (χ1v) is 14.7. The van der Waals surface area contributed by atoms with Crippen molar-refractivity contribution in [3.05, 3.63) is 139 Å². The Kier molecular flexibility index (Phi) is 4.92. The molecule has 0 saturated carbocycles. The van der Waals surface area contributed by atoms with E-state index in [1.807, 2.05) is 0 Å². The van der Waals surface area contributed by atoms with E-state index in [0.29, 0.717) is 5.92 Å². The minimum absolute atomic E-state index is 0.504. The molecule has 1 aliphatic rings. The van der Waals surface area contributed by atoms with Gasteiger partial charge in [-0.1, -0.05) is 110 Å². The Morgan fingerprint density at radius 2 is 1.29 bits per heavy atom. The summed E-state index contributed by atoms with van der Waals surface area (Å²) in [7, 11) is 0. The molecule has 1 nitrogen and oxygen atoms in total. The molecule has 0 bridgehead atoms. The van der Waals surface area contributed by atoms with Gasteiger partial charge in [-0.25, -0.2) is 0 Å². The van der Waals surface area contributed by atoms with Crippen molar-refractivity contribution in [2.45, 2.75) is 13.3 Å². The number of hydrogen-bond donors (Lipinski definition) is 1. The number of allylic oxidation sites excluding steroid dienone is 1. The zero-order valence-corrected chi connectivity index (χ0v) is 23.3. The van der Waals surface area contributed by atoms with Crippen LogP contribution in [-0.4, -0.2) is 4.98 Å². The second kappa shape index (κ2) is 8.84. The molecule has 8 aromatic rings. The van der Waals surface area contributed by atoms with E-state index in [1.54, 1.807) is 0 Å². The van der Waals surface area contributed by atoms with Crippen molar-refractivity contribution in [1.29, 1.82) is 0 Å². The van der Waals surface area contributed by atoms with E-state index in [2.05, 4.69) is 145 Å². The van der Waals surface area contributed by atoms with Crippen LogP contribution in [0.3, 0.4) is 0 Å². The van der Waals surface area contributed by atoms with E-state index >= 15 is 0 Å². The number of H-pyrrole nitrogens is 1. The minimum Gasteiger partial charge on any atom is -0.354 e. The number of aromatic nitrogens is 1. The molecule has 0 aliphatic heterocycles. The van der Waals surface area contributed by atoms with Crippen molar-refractivity contribution in [3.8, 4) is 22.3 Å². The highest BCUT2D eigenvalue weighted by atomic mass is 14.7. The van der Waals surface area contributed by atoms with E-state index in [1.165, 1.54) is 82.0 Å². The second-order valence-corrected chi connectivity index (χ2v) is 11.7. The Balaban J connectivity index is 1.34. The molecule has 7 aromatic carbocycles. The zero-order chi connectivity index (χ0) is 27.8. The maximum atomic E-state index is 3.74. The Morgan fingerprint density at radius 1 is 0.643 bits per heavy atom. The lowest BCUT2D eigenvalue weighted by Crippen LogP contribution is -2.05. The SMILES string of the molecule is CC1C=Cc2c#ccc(-c3c4ccccc4c(-c4ccc5c(c4)[nH]c4cc6ccccc6cc45)c4ccccc34)c2C1. The second-order valence-electron chi connectivity index (χ2n) is 11.7. The lowest BCUT2D eigenvalue weighted by Gasteiger charge is -2.22. The van der Waals surface area contributed by atoms with Crippen molar-refractivity contribution < 1.29 is 0 Å². The number of rotatable bonds is 2. The molecular formula is C41H27N. The van der Waals surface area contributed by atoms with Gasteiger partial charge in [-0.2, -0.15) is 0 Å². The Hall–Kier alpha value is -5.32. The Morgan fingerprint density at radius 3 is 2.02 bits per heavy atom. The molecule has 1 aliphatic carbocycles. The third-order valence-corrected chi connectivity index (χ3v) is 9.15. The molecule has 196 valence electrons. The fraction of sp³-hybridized carbons (Fsp3) is 0.0732. The molecule has 0 amide bonds. The van der Waals surface area contributed by atoms with Crippen LogP contribution in [0, 0.1) is 18.1 Å². The predicted octanol–water partition coefficient (Wildman–Crippen LogP) is 10.9. The number of hydrogen-bond acceptors (Lipinski definition) is 0. The summed E-state index contributed by atoms with van der Waals surface area (Å²) >= 11 is 0. The lowest BCUT2D eigenvalue weighted by molar-refractivity contribution is 0.719. The fourth-order valence-corrected chi connectivity index (χ4v) is 7.21. The minimum atomic E-state index is 0.504. The van der Waals surface area contributed by atoms with Gasteiger partial charge in [0.2, 0.25) is 0 Å². The van der Waals surface area contributed by atoms with Crippen LogP contribution in [0.2, 0.25) is 0 Å². The van der Waals surface area contributed by atoms with Crippen LogP contribution >= 0.6 is 0 Å². The van der Waals surface area contributed by atoms with Crippen molar-refractivity contribution in [2.24, 2.45) is 5.92 Å². The maximum Gasteiger partial charge on any atom is 0.0471 e.